The van der Waals surface area contributed by atoms with E-state index in [1.807, 2.05) is 0 Å². The molecule has 23 heavy (non-hydrogen) atoms. The summed E-state index contributed by atoms with van der Waals surface area (Å²) < 4.78 is 0. The first-order valence-corrected chi connectivity index (χ1v) is 8.52. The Hall–Kier alpha value is -1.43. The van der Waals surface area contributed by atoms with Gasteiger partial charge < -0.3 is 9.88 Å². The Labute approximate surface area is 141 Å². The minimum absolute atomic E-state index is 0.0971. The predicted molar refractivity (Wildman–Crippen MR) is 93.9 cm³/mol. The zero-order valence-electron chi connectivity index (χ0n) is 13.7. The molecular formula is C17H23ClN4O. The topological polar surface area (TPSA) is 52.2 Å². The zero-order chi connectivity index (χ0) is 16.4. The fourth-order valence-electron chi connectivity index (χ4n) is 3.09. The van der Waals surface area contributed by atoms with Crippen molar-refractivity contribution < 1.29 is 0 Å². The number of H-pyrrole nitrogens is 1. The third kappa shape index (κ3) is 4.10. The molecule has 5 nitrogen and oxygen atoms in total. The van der Waals surface area contributed by atoms with Gasteiger partial charge in [0.15, 0.2) is 0 Å². The van der Waals surface area contributed by atoms with Gasteiger partial charge in [0.1, 0.15) is 5.82 Å². The summed E-state index contributed by atoms with van der Waals surface area (Å²) in [6, 6.07) is 5.18. The Balaban J connectivity index is 1.69. The Morgan fingerprint density at radius 1 is 1.22 bits per heavy atom. The van der Waals surface area contributed by atoms with E-state index in [1.54, 1.807) is 18.2 Å². The number of hydrogen-bond acceptors (Lipinski definition) is 4. The molecule has 0 aliphatic carbocycles. The van der Waals surface area contributed by atoms with Crippen LogP contribution in [0.15, 0.2) is 23.0 Å². The number of hydrogen-bond donors (Lipinski definition) is 1. The molecule has 0 amide bonds. The molecular weight excluding hydrogens is 312 g/mol. The third-order valence-electron chi connectivity index (χ3n) is 4.18. The molecule has 0 radical (unpaired) electrons. The van der Waals surface area contributed by atoms with Crippen LogP contribution in [0.2, 0.25) is 5.02 Å². The zero-order valence-corrected chi connectivity index (χ0v) is 14.4. The highest BCUT2D eigenvalue weighted by atomic mass is 35.5. The molecule has 1 aromatic carbocycles. The van der Waals surface area contributed by atoms with Gasteiger partial charge in [0.05, 0.1) is 17.4 Å². The van der Waals surface area contributed by atoms with Crippen LogP contribution in [-0.2, 0) is 6.54 Å². The lowest BCUT2D eigenvalue weighted by atomic mass is 10.2. The maximum atomic E-state index is 12.2. The van der Waals surface area contributed by atoms with Crippen molar-refractivity contribution in [3.63, 3.8) is 0 Å². The molecule has 1 aromatic heterocycles. The molecule has 1 saturated heterocycles. The molecule has 0 spiro atoms. The molecule has 0 unspecified atom stereocenters. The molecule has 0 saturated carbocycles. The van der Waals surface area contributed by atoms with E-state index in [4.69, 9.17) is 11.6 Å². The largest absolute Gasteiger partial charge is 0.309 e. The number of nitrogens with one attached hydrogen (secondary N) is 1. The molecule has 0 bridgehead atoms. The molecule has 1 aliphatic rings. The molecule has 124 valence electrons. The first kappa shape index (κ1) is 16.4. The van der Waals surface area contributed by atoms with Crippen molar-refractivity contribution in [2.45, 2.75) is 20.4 Å². The Bertz CT molecular complexity index is 735. The summed E-state index contributed by atoms with van der Waals surface area (Å²) in [4.78, 5) is 24.5. The van der Waals surface area contributed by atoms with Crippen LogP contribution >= 0.6 is 11.6 Å². The van der Waals surface area contributed by atoms with Crippen molar-refractivity contribution >= 4 is 22.5 Å². The molecule has 2 heterocycles. The maximum absolute atomic E-state index is 12.2. The van der Waals surface area contributed by atoms with Gasteiger partial charge >= 0.3 is 0 Å². The molecule has 0 atom stereocenters. The van der Waals surface area contributed by atoms with Crippen molar-refractivity contribution in [3.05, 3.63) is 39.4 Å². The van der Waals surface area contributed by atoms with Gasteiger partial charge in [0.2, 0.25) is 0 Å². The lowest BCUT2D eigenvalue weighted by Gasteiger charge is -2.35. The smallest absolute Gasteiger partial charge is 0.258 e. The molecule has 3 rings (SSSR count). The van der Waals surface area contributed by atoms with E-state index in [0.717, 1.165) is 32.7 Å². The van der Waals surface area contributed by atoms with E-state index in [2.05, 4.69) is 33.6 Å². The highest BCUT2D eigenvalue weighted by Gasteiger charge is 2.18. The van der Waals surface area contributed by atoms with Gasteiger partial charge in [-0.2, -0.15) is 0 Å². The van der Waals surface area contributed by atoms with Crippen LogP contribution in [0.5, 0.6) is 0 Å². The summed E-state index contributed by atoms with van der Waals surface area (Å²) in [6.07, 6.45) is 0. The van der Waals surface area contributed by atoms with E-state index in [1.165, 1.54) is 0 Å². The maximum Gasteiger partial charge on any atom is 0.258 e. The second-order valence-corrected chi connectivity index (χ2v) is 7.08. The number of aromatic nitrogens is 2. The van der Waals surface area contributed by atoms with E-state index in [0.29, 0.717) is 34.2 Å². The average molecular weight is 335 g/mol. The van der Waals surface area contributed by atoms with Gasteiger partial charge in [-0.3, -0.25) is 9.69 Å². The van der Waals surface area contributed by atoms with E-state index in [-0.39, 0.29) is 5.56 Å². The third-order valence-corrected chi connectivity index (χ3v) is 4.41. The summed E-state index contributed by atoms with van der Waals surface area (Å²) in [6.45, 7) is 10.5. The molecule has 6 heteroatoms. The van der Waals surface area contributed by atoms with Gasteiger partial charge in [-0.05, 0) is 24.1 Å². The number of aromatic amines is 1. The van der Waals surface area contributed by atoms with Gasteiger partial charge in [-0.1, -0.05) is 25.4 Å². The minimum atomic E-state index is -0.0971. The molecule has 1 N–H and O–H groups in total. The lowest BCUT2D eigenvalue weighted by molar-refractivity contribution is 0.115. The lowest BCUT2D eigenvalue weighted by Crippen LogP contribution is -2.47. The average Bonchev–Trinajstić information content (AvgIpc) is 2.48. The van der Waals surface area contributed by atoms with Crippen LogP contribution < -0.4 is 5.56 Å². The van der Waals surface area contributed by atoms with Gasteiger partial charge in [-0.25, -0.2) is 4.98 Å². The van der Waals surface area contributed by atoms with Crippen LogP contribution in [0.4, 0.5) is 0 Å². The first-order chi connectivity index (χ1) is 11.0. The van der Waals surface area contributed by atoms with Crippen LogP contribution in [0.1, 0.15) is 19.7 Å². The van der Waals surface area contributed by atoms with Crippen LogP contribution in [0, 0.1) is 5.92 Å². The fraction of sp³-hybridized carbons (Fsp3) is 0.529. The highest BCUT2D eigenvalue weighted by Crippen LogP contribution is 2.15. The number of nitrogens with zero attached hydrogens (tertiary/aromatic N) is 3. The predicted octanol–water partition coefficient (Wildman–Crippen LogP) is 2.35. The summed E-state index contributed by atoms with van der Waals surface area (Å²) in [5.74, 6) is 1.41. The fourth-order valence-corrected chi connectivity index (χ4v) is 3.26. The minimum Gasteiger partial charge on any atom is -0.309 e. The van der Waals surface area contributed by atoms with Crippen molar-refractivity contribution in [1.29, 1.82) is 0 Å². The highest BCUT2D eigenvalue weighted by molar-refractivity contribution is 6.31. The van der Waals surface area contributed by atoms with Crippen molar-refractivity contribution in [2.75, 3.05) is 32.7 Å². The Kier molecular flexibility index (Phi) is 4.99. The number of rotatable bonds is 4. The van der Waals surface area contributed by atoms with Gasteiger partial charge in [0.25, 0.3) is 5.56 Å². The monoisotopic (exact) mass is 334 g/mol. The molecule has 2 aromatic rings. The van der Waals surface area contributed by atoms with Gasteiger partial charge in [-0.15, -0.1) is 0 Å². The SMILES string of the molecule is CC(C)CN1CCN(Cc2nc3cc(Cl)ccc3c(=O)[nH]2)CC1. The van der Waals surface area contributed by atoms with Crippen LogP contribution in [0.25, 0.3) is 10.9 Å². The van der Waals surface area contributed by atoms with Crippen molar-refractivity contribution in [1.82, 2.24) is 19.8 Å². The summed E-state index contributed by atoms with van der Waals surface area (Å²) in [5.41, 5.74) is 0.565. The van der Waals surface area contributed by atoms with Crippen LogP contribution in [0.3, 0.4) is 0 Å². The Morgan fingerprint density at radius 2 is 1.91 bits per heavy atom. The summed E-state index contributed by atoms with van der Waals surface area (Å²) >= 11 is 6.00. The van der Waals surface area contributed by atoms with Crippen molar-refractivity contribution in [2.24, 2.45) is 5.92 Å². The van der Waals surface area contributed by atoms with E-state index < -0.39 is 0 Å². The standard InChI is InChI=1S/C17H23ClN4O/c1-12(2)10-21-5-7-22(8-6-21)11-16-19-15-9-13(18)3-4-14(15)17(23)20-16/h3-4,9,12H,5-8,10-11H2,1-2H3,(H,19,20,23). The number of piperazine rings is 1. The Morgan fingerprint density at radius 3 is 2.61 bits per heavy atom. The number of fused-ring (bicyclic) bond motifs is 1. The normalized spacial score (nSPS) is 17.2. The molecule has 1 fully saturated rings. The van der Waals surface area contributed by atoms with Crippen LogP contribution in [-0.4, -0.2) is 52.5 Å². The number of benzene rings is 1. The number of halogens is 1. The van der Waals surface area contributed by atoms with Crippen molar-refractivity contribution in [3.8, 4) is 0 Å². The first-order valence-electron chi connectivity index (χ1n) is 8.14. The van der Waals surface area contributed by atoms with E-state index in [9.17, 15) is 4.79 Å². The second-order valence-electron chi connectivity index (χ2n) is 6.64. The quantitative estimate of drug-likeness (QED) is 0.932. The summed E-state index contributed by atoms with van der Waals surface area (Å²) in [7, 11) is 0. The van der Waals surface area contributed by atoms with Gasteiger partial charge in [0, 0.05) is 37.7 Å². The second kappa shape index (κ2) is 6.99. The van der Waals surface area contributed by atoms with E-state index >= 15 is 0 Å². The molecule has 1 aliphatic heterocycles. The summed E-state index contributed by atoms with van der Waals surface area (Å²) in [5, 5.41) is 1.18.